The Morgan fingerprint density at radius 1 is 1.05 bits per heavy atom. The Morgan fingerprint density at radius 3 is 2.45 bits per heavy atom. The quantitative estimate of drug-likeness (QED) is 0.862. The van der Waals surface area contributed by atoms with Crippen LogP contribution in [0, 0.1) is 5.41 Å². The lowest BCUT2D eigenvalue weighted by atomic mass is 9.68. The molecule has 2 aliphatic rings. The third kappa shape index (κ3) is 3.12. The highest BCUT2D eigenvalue weighted by molar-refractivity contribution is 6.30. The lowest BCUT2D eigenvalue weighted by Crippen LogP contribution is -2.40. The molecule has 110 valence electrons. The Hall–Kier alpha value is -0.730. The summed E-state index contributed by atoms with van der Waals surface area (Å²) in [5, 5.41) is 10.6. The zero-order chi connectivity index (χ0) is 14.0. The Balaban J connectivity index is 1.59. The van der Waals surface area contributed by atoms with Gasteiger partial charge >= 0.3 is 0 Å². The predicted octanol–water partition coefficient (Wildman–Crippen LogP) is 4.59. The summed E-state index contributed by atoms with van der Waals surface area (Å²) in [6.45, 7) is 3.14. The predicted molar refractivity (Wildman–Crippen MR) is 83.1 cm³/mol. The minimum Gasteiger partial charge on any atom is -0.508 e. The van der Waals surface area contributed by atoms with Crippen molar-refractivity contribution in [1.29, 1.82) is 0 Å². The van der Waals surface area contributed by atoms with E-state index in [4.69, 9.17) is 11.6 Å². The van der Waals surface area contributed by atoms with Gasteiger partial charge in [0.1, 0.15) is 5.75 Å². The molecular formula is C17H24ClNO. The molecule has 0 aromatic heterocycles. The minimum atomic E-state index is 0.368. The van der Waals surface area contributed by atoms with Crippen molar-refractivity contribution in [3.05, 3.63) is 28.8 Å². The van der Waals surface area contributed by atoms with E-state index in [0.717, 1.165) is 25.2 Å². The van der Waals surface area contributed by atoms with Gasteiger partial charge in [0.25, 0.3) is 0 Å². The Morgan fingerprint density at radius 2 is 1.75 bits per heavy atom. The first kappa shape index (κ1) is 14.2. The van der Waals surface area contributed by atoms with E-state index in [9.17, 15) is 5.11 Å². The van der Waals surface area contributed by atoms with E-state index in [-0.39, 0.29) is 0 Å². The van der Waals surface area contributed by atoms with Crippen molar-refractivity contribution >= 4 is 11.6 Å². The lowest BCUT2D eigenvalue weighted by Gasteiger charge is -2.44. The van der Waals surface area contributed by atoms with Crippen LogP contribution in [-0.2, 0) is 6.54 Å². The van der Waals surface area contributed by atoms with Crippen LogP contribution in [0.25, 0.3) is 0 Å². The minimum absolute atomic E-state index is 0.368. The molecule has 1 aromatic rings. The fourth-order valence-electron chi connectivity index (χ4n) is 3.91. The average Bonchev–Trinajstić information content (AvgIpc) is 2.47. The standard InChI is InChI=1S/C17H24ClNO/c18-15-4-5-16(20)14(12-15)13-19-10-8-17(9-11-19)6-2-1-3-7-17/h4-5,12,20H,1-3,6-11,13H2. The summed E-state index contributed by atoms with van der Waals surface area (Å²) in [6.07, 6.45) is 9.81. The van der Waals surface area contributed by atoms with Gasteiger partial charge in [-0.25, -0.2) is 0 Å². The number of likely N-dealkylation sites (tertiary alicyclic amines) is 1. The van der Waals surface area contributed by atoms with Crippen LogP contribution in [0.5, 0.6) is 5.75 Å². The molecule has 2 nitrogen and oxygen atoms in total. The molecule has 0 atom stereocenters. The number of piperidine rings is 1. The van der Waals surface area contributed by atoms with Gasteiger partial charge in [-0.15, -0.1) is 0 Å². The van der Waals surface area contributed by atoms with Crippen molar-refractivity contribution in [1.82, 2.24) is 4.90 Å². The molecule has 1 N–H and O–H groups in total. The van der Waals surface area contributed by atoms with E-state index in [1.54, 1.807) is 12.1 Å². The monoisotopic (exact) mass is 293 g/mol. The van der Waals surface area contributed by atoms with Gasteiger partial charge in [-0.3, -0.25) is 4.90 Å². The van der Waals surface area contributed by atoms with Gasteiger partial charge in [0.15, 0.2) is 0 Å². The highest BCUT2D eigenvalue weighted by Gasteiger charge is 2.35. The molecule has 0 amide bonds. The third-order valence-electron chi connectivity index (χ3n) is 5.27. The molecule has 1 aromatic carbocycles. The van der Waals surface area contributed by atoms with Gasteiger partial charge in [-0.05, 0) is 62.4 Å². The van der Waals surface area contributed by atoms with Crippen LogP contribution in [0.3, 0.4) is 0 Å². The van der Waals surface area contributed by atoms with Crippen LogP contribution in [0.1, 0.15) is 50.5 Å². The molecule has 0 unspecified atom stereocenters. The van der Waals surface area contributed by atoms with Crippen molar-refractivity contribution in [2.24, 2.45) is 5.41 Å². The first-order chi connectivity index (χ1) is 9.67. The second-order valence-electron chi connectivity index (χ2n) is 6.61. The summed E-state index contributed by atoms with van der Waals surface area (Å²) in [6, 6.07) is 5.33. The molecule has 3 rings (SSSR count). The van der Waals surface area contributed by atoms with E-state index in [1.807, 2.05) is 6.07 Å². The zero-order valence-electron chi connectivity index (χ0n) is 12.1. The smallest absolute Gasteiger partial charge is 0.120 e. The highest BCUT2D eigenvalue weighted by Crippen LogP contribution is 2.44. The highest BCUT2D eigenvalue weighted by atomic mass is 35.5. The topological polar surface area (TPSA) is 23.5 Å². The molecule has 0 bridgehead atoms. The molecule has 1 aliphatic heterocycles. The number of hydrogen-bond acceptors (Lipinski definition) is 2. The average molecular weight is 294 g/mol. The molecule has 1 aliphatic carbocycles. The van der Waals surface area contributed by atoms with E-state index in [0.29, 0.717) is 16.2 Å². The van der Waals surface area contributed by atoms with Crippen LogP contribution in [0.4, 0.5) is 0 Å². The maximum absolute atomic E-state index is 9.92. The molecule has 0 radical (unpaired) electrons. The molecule has 20 heavy (non-hydrogen) atoms. The molecule has 2 fully saturated rings. The first-order valence-corrected chi connectivity index (χ1v) is 8.25. The van der Waals surface area contributed by atoms with E-state index in [2.05, 4.69) is 4.90 Å². The number of halogens is 1. The fourth-order valence-corrected chi connectivity index (χ4v) is 4.10. The van der Waals surface area contributed by atoms with Crippen molar-refractivity contribution in [2.75, 3.05) is 13.1 Å². The Bertz CT molecular complexity index is 458. The van der Waals surface area contributed by atoms with E-state index >= 15 is 0 Å². The van der Waals surface area contributed by atoms with Crippen LogP contribution in [-0.4, -0.2) is 23.1 Å². The number of phenolic OH excluding ortho intramolecular Hbond substituents is 1. The van der Waals surface area contributed by atoms with Crippen LogP contribution >= 0.6 is 11.6 Å². The normalized spacial score (nSPS) is 23.1. The molecule has 1 spiro atoms. The maximum Gasteiger partial charge on any atom is 0.120 e. The van der Waals surface area contributed by atoms with Crippen LogP contribution < -0.4 is 0 Å². The first-order valence-electron chi connectivity index (χ1n) is 7.87. The zero-order valence-corrected chi connectivity index (χ0v) is 12.8. The van der Waals surface area contributed by atoms with E-state index < -0.39 is 0 Å². The number of phenols is 1. The second-order valence-corrected chi connectivity index (χ2v) is 7.05. The molecular weight excluding hydrogens is 270 g/mol. The third-order valence-corrected chi connectivity index (χ3v) is 5.50. The van der Waals surface area contributed by atoms with Crippen molar-refractivity contribution in [3.8, 4) is 5.75 Å². The van der Waals surface area contributed by atoms with Crippen molar-refractivity contribution in [3.63, 3.8) is 0 Å². The number of rotatable bonds is 2. The molecule has 3 heteroatoms. The summed E-state index contributed by atoms with van der Waals surface area (Å²) in [4.78, 5) is 2.46. The SMILES string of the molecule is Oc1ccc(Cl)cc1CN1CCC2(CCCCC2)CC1. The summed E-state index contributed by atoms with van der Waals surface area (Å²) in [5.41, 5.74) is 1.60. The van der Waals surface area contributed by atoms with Crippen LogP contribution in [0.15, 0.2) is 18.2 Å². The maximum atomic E-state index is 9.92. The lowest BCUT2D eigenvalue weighted by molar-refractivity contribution is 0.0638. The van der Waals surface area contributed by atoms with Gasteiger partial charge in [0.2, 0.25) is 0 Å². The van der Waals surface area contributed by atoms with E-state index in [1.165, 1.54) is 44.9 Å². The van der Waals surface area contributed by atoms with Crippen molar-refractivity contribution < 1.29 is 5.11 Å². The summed E-state index contributed by atoms with van der Waals surface area (Å²) in [5.74, 6) is 0.368. The second kappa shape index (κ2) is 5.95. The Labute approximate surface area is 126 Å². The number of hydrogen-bond donors (Lipinski definition) is 1. The summed E-state index contributed by atoms with van der Waals surface area (Å²) < 4.78 is 0. The number of nitrogens with zero attached hydrogens (tertiary/aromatic N) is 1. The largest absolute Gasteiger partial charge is 0.508 e. The van der Waals surface area contributed by atoms with Crippen molar-refractivity contribution in [2.45, 2.75) is 51.5 Å². The summed E-state index contributed by atoms with van der Waals surface area (Å²) >= 11 is 6.02. The van der Waals surface area contributed by atoms with Gasteiger partial charge in [0, 0.05) is 17.1 Å². The van der Waals surface area contributed by atoms with Gasteiger partial charge in [0.05, 0.1) is 0 Å². The van der Waals surface area contributed by atoms with Gasteiger partial charge in [-0.1, -0.05) is 30.9 Å². The fraction of sp³-hybridized carbons (Fsp3) is 0.647. The molecule has 1 saturated carbocycles. The van der Waals surface area contributed by atoms with Gasteiger partial charge < -0.3 is 5.11 Å². The number of aromatic hydroxyl groups is 1. The summed E-state index contributed by atoms with van der Waals surface area (Å²) in [7, 11) is 0. The number of benzene rings is 1. The Kier molecular flexibility index (Phi) is 4.23. The molecule has 1 heterocycles. The van der Waals surface area contributed by atoms with Gasteiger partial charge in [-0.2, -0.15) is 0 Å². The van der Waals surface area contributed by atoms with Crippen LogP contribution in [0.2, 0.25) is 5.02 Å². The molecule has 1 saturated heterocycles.